The molecule has 1 fully saturated rings. The Morgan fingerprint density at radius 3 is 2.42 bits per heavy atom. The average Bonchev–Trinajstić information content (AvgIpc) is 2.62. The highest BCUT2D eigenvalue weighted by atomic mass is 15.1. The van der Waals surface area contributed by atoms with E-state index in [1.54, 1.807) is 0 Å². The molecule has 1 aliphatic rings. The van der Waals surface area contributed by atoms with Gasteiger partial charge in [0, 0.05) is 0 Å². The summed E-state index contributed by atoms with van der Waals surface area (Å²) in [5.74, 6) is 2.76. The molecule has 1 heterocycles. The minimum absolute atomic E-state index is 0.820. The summed E-state index contributed by atoms with van der Waals surface area (Å²) >= 11 is 0. The molecular weight excluding hydrogens is 316 g/mol. The maximum atomic E-state index is 4.04. The van der Waals surface area contributed by atoms with E-state index >= 15 is 0 Å². The van der Waals surface area contributed by atoms with Crippen molar-refractivity contribution >= 4 is 0 Å². The minimum Gasteiger partial charge on any atom is -0.316 e. The predicted octanol–water partition coefficient (Wildman–Crippen LogP) is 6.28. The first kappa shape index (κ1) is 23.7. The van der Waals surface area contributed by atoms with Crippen molar-refractivity contribution in [3.63, 3.8) is 0 Å². The standard InChI is InChI=1S/C24H48N2/c1-6-9-23(10-8-11-24-15-18-26(5)19-16-24)14-17-25-20-22(7-2)13-12-21(3)4/h22-25H,3,6-20H2,1-2,4-5H3. The van der Waals surface area contributed by atoms with Gasteiger partial charge in [0.2, 0.25) is 0 Å². The molecular formula is C24H48N2. The number of allylic oxidation sites excluding steroid dienone is 1. The fourth-order valence-electron chi connectivity index (χ4n) is 4.40. The van der Waals surface area contributed by atoms with Crippen molar-refractivity contribution in [1.29, 1.82) is 0 Å². The first-order valence-electron chi connectivity index (χ1n) is 11.6. The molecule has 2 heteroatoms. The number of nitrogens with zero attached hydrogens (tertiary/aromatic N) is 1. The smallest absolute Gasteiger partial charge is 0.00191 e. The molecule has 0 aromatic heterocycles. The maximum Gasteiger partial charge on any atom is -0.00191 e. The summed E-state index contributed by atoms with van der Waals surface area (Å²) in [6, 6.07) is 0. The van der Waals surface area contributed by atoms with E-state index in [2.05, 4.69) is 44.6 Å². The number of piperidine rings is 1. The van der Waals surface area contributed by atoms with Crippen molar-refractivity contribution < 1.29 is 0 Å². The van der Waals surface area contributed by atoms with Crippen LogP contribution in [0.15, 0.2) is 12.2 Å². The van der Waals surface area contributed by atoms with Gasteiger partial charge in [-0.1, -0.05) is 57.9 Å². The second-order valence-electron chi connectivity index (χ2n) is 9.10. The van der Waals surface area contributed by atoms with Crippen molar-refractivity contribution in [3.8, 4) is 0 Å². The van der Waals surface area contributed by atoms with Crippen LogP contribution in [0.25, 0.3) is 0 Å². The lowest BCUT2D eigenvalue weighted by Crippen LogP contribution is -2.30. The van der Waals surface area contributed by atoms with Crippen LogP contribution in [0.3, 0.4) is 0 Å². The van der Waals surface area contributed by atoms with Gasteiger partial charge in [0.25, 0.3) is 0 Å². The second kappa shape index (κ2) is 14.7. The molecule has 0 saturated carbocycles. The SMILES string of the molecule is C=C(C)CCC(CC)CNCCC(CCC)CCCC1CCN(C)CC1. The van der Waals surface area contributed by atoms with Crippen molar-refractivity contribution in [2.75, 3.05) is 33.2 Å². The first-order valence-corrected chi connectivity index (χ1v) is 11.6. The fourth-order valence-corrected chi connectivity index (χ4v) is 4.40. The topological polar surface area (TPSA) is 15.3 Å². The van der Waals surface area contributed by atoms with Gasteiger partial charge in [-0.3, -0.25) is 0 Å². The zero-order valence-corrected chi connectivity index (χ0v) is 18.5. The van der Waals surface area contributed by atoms with Gasteiger partial charge < -0.3 is 10.2 Å². The monoisotopic (exact) mass is 364 g/mol. The second-order valence-corrected chi connectivity index (χ2v) is 9.10. The van der Waals surface area contributed by atoms with E-state index in [1.807, 2.05) is 0 Å². The molecule has 0 amide bonds. The minimum atomic E-state index is 0.820. The van der Waals surface area contributed by atoms with Gasteiger partial charge in [0.1, 0.15) is 0 Å². The summed E-state index contributed by atoms with van der Waals surface area (Å²) in [6.07, 6.45) is 15.1. The molecule has 26 heavy (non-hydrogen) atoms. The molecule has 0 spiro atoms. The third-order valence-electron chi connectivity index (χ3n) is 6.48. The van der Waals surface area contributed by atoms with Crippen LogP contribution in [0.5, 0.6) is 0 Å². The van der Waals surface area contributed by atoms with Crippen LogP contribution in [0, 0.1) is 17.8 Å². The van der Waals surface area contributed by atoms with E-state index < -0.39 is 0 Å². The van der Waals surface area contributed by atoms with Crippen molar-refractivity contribution in [1.82, 2.24) is 10.2 Å². The quantitative estimate of drug-likeness (QED) is 0.272. The predicted molar refractivity (Wildman–Crippen MR) is 118 cm³/mol. The zero-order valence-electron chi connectivity index (χ0n) is 18.5. The van der Waals surface area contributed by atoms with Crippen LogP contribution in [0.2, 0.25) is 0 Å². The molecule has 0 aliphatic carbocycles. The third-order valence-corrected chi connectivity index (χ3v) is 6.48. The Morgan fingerprint density at radius 1 is 1.08 bits per heavy atom. The zero-order chi connectivity index (χ0) is 19.2. The van der Waals surface area contributed by atoms with Crippen LogP contribution >= 0.6 is 0 Å². The Hall–Kier alpha value is -0.340. The first-order chi connectivity index (χ1) is 12.5. The molecule has 0 aromatic rings. The van der Waals surface area contributed by atoms with Gasteiger partial charge in [-0.25, -0.2) is 0 Å². The normalized spacial score (nSPS) is 18.8. The van der Waals surface area contributed by atoms with Gasteiger partial charge in [-0.15, -0.1) is 6.58 Å². The molecule has 1 N–H and O–H groups in total. The molecule has 1 rings (SSSR count). The summed E-state index contributed by atoms with van der Waals surface area (Å²) in [4.78, 5) is 2.49. The maximum absolute atomic E-state index is 4.04. The molecule has 154 valence electrons. The number of hydrogen-bond acceptors (Lipinski definition) is 2. The summed E-state index contributed by atoms with van der Waals surface area (Å²) in [5, 5.41) is 3.76. The summed E-state index contributed by atoms with van der Waals surface area (Å²) in [6.45, 7) is 15.9. The van der Waals surface area contributed by atoms with Gasteiger partial charge in [0.05, 0.1) is 0 Å². The van der Waals surface area contributed by atoms with Gasteiger partial charge in [0.15, 0.2) is 0 Å². The highest BCUT2D eigenvalue weighted by molar-refractivity contribution is 4.88. The lowest BCUT2D eigenvalue weighted by molar-refractivity contribution is 0.206. The fraction of sp³-hybridized carbons (Fsp3) is 0.917. The van der Waals surface area contributed by atoms with Gasteiger partial charge >= 0.3 is 0 Å². The van der Waals surface area contributed by atoms with E-state index in [-0.39, 0.29) is 0 Å². The van der Waals surface area contributed by atoms with Crippen LogP contribution in [-0.4, -0.2) is 38.1 Å². The van der Waals surface area contributed by atoms with E-state index in [9.17, 15) is 0 Å². The van der Waals surface area contributed by atoms with Crippen molar-refractivity contribution in [3.05, 3.63) is 12.2 Å². The lowest BCUT2D eigenvalue weighted by atomic mass is 9.88. The van der Waals surface area contributed by atoms with Crippen molar-refractivity contribution in [2.45, 2.75) is 91.4 Å². The highest BCUT2D eigenvalue weighted by Crippen LogP contribution is 2.25. The summed E-state index contributed by atoms with van der Waals surface area (Å²) in [5.41, 5.74) is 1.33. The molecule has 0 radical (unpaired) electrons. The van der Waals surface area contributed by atoms with E-state index in [0.717, 1.165) is 17.8 Å². The number of rotatable bonds is 15. The summed E-state index contributed by atoms with van der Waals surface area (Å²) < 4.78 is 0. The highest BCUT2D eigenvalue weighted by Gasteiger charge is 2.17. The van der Waals surface area contributed by atoms with Crippen LogP contribution in [0.4, 0.5) is 0 Å². The Bertz CT molecular complexity index is 344. The van der Waals surface area contributed by atoms with Crippen LogP contribution in [0.1, 0.15) is 91.4 Å². The Morgan fingerprint density at radius 2 is 1.81 bits per heavy atom. The largest absolute Gasteiger partial charge is 0.316 e. The molecule has 2 atom stereocenters. The average molecular weight is 365 g/mol. The van der Waals surface area contributed by atoms with Crippen LogP contribution in [-0.2, 0) is 0 Å². The molecule has 2 nitrogen and oxygen atoms in total. The molecule has 1 aliphatic heterocycles. The Balaban J connectivity index is 2.14. The van der Waals surface area contributed by atoms with Crippen LogP contribution < -0.4 is 5.32 Å². The molecule has 0 bridgehead atoms. The summed E-state index contributed by atoms with van der Waals surface area (Å²) in [7, 11) is 2.27. The van der Waals surface area contributed by atoms with Gasteiger partial charge in [-0.05, 0) is 90.0 Å². The van der Waals surface area contributed by atoms with E-state index in [4.69, 9.17) is 0 Å². The van der Waals surface area contributed by atoms with Gasteiger partial charge in [-0.2, -0.15) is 0 Å². The Kier molecular flexibility index (Phi) is 13.4. The molecule has 1 saturated heterocycles. The lowest BCUT2D eigenvalue weighted by Gasteiger charge is -2.29. The van der Waals surface area contributed by atoms with E-state index in [0.29, 0.717) is 0 Å². The third kappa shape index (κ3) is 11.4. The number of hydrogen-bond donors (Lipinski definition) is 1. The van der Waals surface area contributed by atoms with E-state index in [1.165, 1.54) is 102 Å². The molecule has 2 unspecified atom stereocenters. The molecule has 0 aromatic carbocycles. The Labute approximate surface area is 165 Å². The van der Waals surface area contributed by atoms with Crippen molar-refractivity contribution in [2.24, 2.45) is 17.8 Å². The number of likely N-dealkylation sites (tertiary alicyclic amines) is 1. The number of nitrogens with one attached hydrogen (secondary N) is 1.